The molecule has 0 unspecified atom stereocenters. The van der Waals surface area contributed by atoms with Gasteiger partial charge in [-0.15, -0.1) is 11.3 Å². The Bertz CT molecular complexity index is 1360. The SMILES string of the molecule is O=C(NCc1ccc(-c2nc(-c3ccccc3)cs2)cc1)c1cc2cccc(Cl)c2[nH]1. The van der Waals surface area contributed by atoms with Crippen molar-refractivity contribution in [3.8, 4) is 21.8 Å². The molecule has 5 rings (SSSR count). The fraction of sp³-hybridized carbons (Fsp3) is 0.0400. The molecule has 0 atom stereocenters. The quantitative estimate of drug-likeness (QED) is 0.324. The van der Waals surface area contributed by atoms with Crippen LogP contribution in [0.25, 0.3) is 32.7 Å². The Morgan fingerprint density at radius 1 is 0.968 bits per heavy atom. The third kappa shape index (κ3) is 4.10. The van der Waals surface area contributed by atoms with Crippen LogP contribution in [0.2, 0.25) is 5.02 Å². The average molecular weight is 444 g/mol. The van der Waals surface area contributed by atoms with Crippen LogP contribution in [0.4, 0.5) is 0 Å². The number of fused-ring (bicyclic) bond motifs is 1. The average Bonchev–Trinajstić information content (AvgIpc) is 3.47. The van der Waals surface area contributed by atoms with Crippen molar-refractivity contribution in [1.82, 2.24) is 15.3 Å². The number of carbonyl (C=O) groups excluding carboxylic acids is 1. The summed E-state index contributed by atoms with van der Waals surface area (Å²) in [5.41, 5.74) is 5.45. The van der Waals surface area contributed by atoms with Gasteiger partial charge in [0.05, 0.1) is 16.2 Å². The monoisotopic (exact) mass is 443 g/mol. The van der Waals surface area contributed by atoms with Crippen molar-refractivity contribution in [1.29, 1.82) is 0 Å². The molecule has 5 aromatic rings. The van der Waals surface area contributed by atoms with Gasteiger partial charge in [0.2, 0.25) is 0 Å². The second kappa shape index (κ2) is 8.38. The number of H-pyrrole nitrogens is 1. The molecule has 0 aliphatic heterocycles. The van der Waals surface area contributed by atoms with Gasteiger partial charge in [0.15, 0.2) is 0 Å². The third-order valence-electron chi connectivity index (χ3n) is 5.08. The third-order valence-corrected chi connectivity index (χ3v) is 6.28. The highest BCUT2D eigenvalue weighted by molar-refractivity contribution is 7.13. The fourth-order valence-corrected chi connectivity index (χ4v) is 4.50. The smallest absolute Gasteiger partial charge is 0.267 e. The van der Waals surface area contributed by atoms with E-state index < -0.39 is 0 Å². The molecule has 0 bridgehead atoms. The molecule has 0 saturated carbocycles. The Morgan fingerprint density at radius 3 is 2.55 bits per heavy atom. The molecule has 3 aromatic carbocycles. The van der Waals surface area contributed by atoms with Crippen LogP contribution in [0, 0.1) is 0 Å². The van der Waals surface area contributed by atoms with Crippen molar-refractivity contribution >= 4 is 39.7 Å². The van der Waals surface area contributed by atoms with Gasteiger partial charge in [-0.2, -0.15) is 0 Å². The zero-order chi connectivity index (χ0) is 21.2. The minimum absolute atomic E-state index is 0.163. The van der Waals surface area contributed by atoms with Crippen molar-refractivity contribution in [2.45, 2.75) is 6.54 Å². The number of nitrogens with one attached hydrogen (secondary N) is 2. The summed E-state index contributed by atoms with van der Waals surface area (Å²) < 4.78 is 0. The molecule has 152 valence electrons. The van der Waals surface area contributed by atoms with Crippen molar-refractivity contribution in [3.05, 3.63) is 101 Å². The van der Waals surface area contributed by atoms with Gasteiger partial charge in [-0.1, -0.05) is 78.3 Å². The summed E-state index contributed by atoms with van der Waals surface area (Å²) in [6.07, 6.45) is 0. The van der Waals surface area contributed by atoms with E-state index in [4.69, 9.17) is 16.6 Å². The predicted molar refractivity (Wildman–Crippen MR) is 127 cm³/mol. The van der Waals surface area contributed by atoms with E-state index in [0.717, 1.165) is 38.3 Å². The van der Waals surface area contributed by atoms with Gasteiger partial charge in [0.25, 0.3) is 5.91 Å². The maximum atomic E-state index is 12.5. The van der Waals surface area contributed by atoms with Crippen LogP contribution < -0.4 is 5.32 Å². The number of thiazole rings is 1. The fourth-order valence-electron chi connectivity index (χ4n) is 3.43. The summed E-state index contributed by atoms with van der Waals surface area (Å²) in [5.74, 6) is -0.163. The zero-order valence-electron chi connectivity index (χ0n) is 16.4. The summed E-state index contributed by atoms with van der Waals surface area (Å²) in [6.45, 7) is 0.440. The molecule has 2 heterocycles. The van der Waals surface area contributed by atoms with E-state index in [1.165, 1.54) is 0 Å². The van der Waals surface area contributed by atoms with Crippen LogP contribution in [-0.2, 0) is 6.54 Å². The minimum atomic E-state index is -0.163. The van der Waals surface area contributed by atoms with E-state index in [0.29, 0.717) is 17.3 Å². The molecule has 4 nitrogen and oxygen atoms in total. The Morgan fingerprint density at radius 2 is 1.77 bits per heavy atom. The number of aromatic nitrogens is 2. The number of rotatable bonds is 5. The standard InChI is InChI=1S/C25H18ClN3OS/c26-20-8-4-7-19-13-21(28-23(19)20)24(30)27-14-16-9-11-18(12-10-16)25-29-22(15-31-25)17-5-2-1-3-6-17/h1-13,15,28H,14H2,(H,27,30). The highest BCUT2D eigenvalue weighted by Crippen LogP contribution is 2.29. The van der Waals surface area contributed by atoms with E-state index >= 15 is 0 Å². The number of hydrogen-bond acceptors (Lipinski definition) is 3. The van der Waals surface area contributed by atoms with Crippen LogP contribution >= 0.6 is 22.9 Å². The van der Waals surface area contributed by atoms with Gasteiger partial charge in [0.1, 0.15) is 10.7 Å². The summed E-state index contributed by atoms with van der Waals surface area (Å²) in [7, 11) is 0. The van der Waals surface area contributed by atoms with Gasteiger partial charge < -0.3 is 10.3 Å². The molecule has 0 saturated heterocycles. The van der Waals surface area contributed by atoms with Crippen molar-refractivity contribution in [2.24, 2.45) is 0 Å². The molecule has 31 heavy (non-hydrogen) atoms. The largest absolute Gasteiger partial charge is 0.349 e. The lowest BCUT2D eigenvalue weighted by atomic mass is 10.1. The van der Waals surface area contributed by atoms with Gasteiger partial charge >= 0.3 is 0 Å². The van der Waals surface area contributed by atoms with Crippen LogP contribution in [-0.4, -0.2) is 15.9 Å². The lowest BCUT2D eigenvalue weighted by molar-refractivity contribution is 0.0947. The normalized spacial score (nSPS) is 11.0. The molecular weight excluding hydrogens is 426 g/mol. The first-order valence-electron chi connectivity index (χ1n) is 9.83. The highest BCUT2D eigenvalue weighted by atomic mass is 35.5. The minimum Gasteiger partial charge on any atom is -0.349 e. The number of nitrogens with zero attached hydrogens (tertiary/aromatic N) is 1. The van der Waals surface area contributed by atoms with Crippen molar-refractivity contribution in [3.63, 3.8) is 0 Å². The number of amides is 1. The summed E-state index contributed by atoms with van der Waals surface area (Å²) in [5, 5.41) is 7.52. The molecule has 0 aliphatic rings. The highest BCUT2D eigenvalue weighted by Gasteiger charge is 2.11. The number of halogens is 1. The first-order valence-corrected chi connectivity index (χ1v) is 11.1. The second-order valence-electron chi connectivity index (χ2n) is 7.17. The molecule has 6 heteroatoms. The lowest BCUT2D eigenvalue weighted by Crippen LogP contribution is -2.23. The van der Waals surface area contributed by atoms with Crippen LogP contribution in [0.1, 0.15) is 16.1 Å². The van der Waals surface area contributed by atoms with E-state index in [1.54, 1.807) is 17.4 Å². The Labute approximate surface area is 188 Å². The first-order chi connectivity index (χ1) is 15.2. The molecule has 0 fully saturated rings. The Kier molecular flexibility index (Phi) is 5.28. The van der Waals surface area contributed by atoms with E-state index in [9.17, 15) is 4.79 Å². The van der Waals surface area contributed by atoms with Gasteiger partial charge in [0, 0.05) is 28.4 Å². The number of hydrogen-bond donors (Lipinski definition) is 2. The van der Waals surface area contributed by atoms with Crippen molar-refractivity contribution in [2.75, 3.05) is 0 Å². The van der Waals surface area contributed by atoms with Crippen molar-refractivity contribution < 1.29 is 4.79 Å². The van der Waals surface area contributed by atoms with E-state index in [2.05, 4.69) is 27.8 Å². The maximum Gasteiger partial charge on any atom is 0.267 e. The predicted octanol–water partition coefficient (Wildman–Crippen LogP) is 6.54. The van der Waals surface area contributed by atoms with Gasteiger partial charge in [-0.25, -0.2) is 4.98 Å². The summed E-state index contributed by atoms with van der Waals surface area (Å²) in [4.78, 5) is 20.4. The summed E-state index contributed by atoms with van der Waals surface area (Å²) in [6, 6.07) is 25.7. The topological polar surface area (TPSA) is 57.8 Å². The summed E-state index contributed by atoms with van der Waals surface area (Å²) >= 11 is 7.81. The van der Waals surface area contributed by atoms with Crippen LogP contribution in [0.5, 0.6) is 0 Å². The number of benzene rings is 3. The molecule has 0 spiro atoms. The maximum absolute atomic E-state index is 12.5. The molecule has 1 amide bonds. The van der Waals surface area contributed by atoms with E-state index in [1.807, 2.05) is 60.7 Å². The number of aromatic amines is 1. The van der Waals surface area contributed by atoms with Crippen LogP contribution in [0.15, 0.2) is 84.2 Å². The first kappa shape index (κ1) is 19.5. The molecule has 2 aromatic heterocycles. The number of para-hydroxylation sites is 1. The van der Waals surface area contributed by atoms with Gasteiger partial charge in [-0.05, 0) is 17.7 Å². The Hall–Kier alpha value is -3.41. The molecule has 0 aliphatic carbocycles. The zero-order valence-corrected chi connectivity index (χ0v) is 18.0. The molecule has 2 N–H and O–H groups in total. The van der Waals surface area contributed by atoms with Crippen LogP contribution in [0.3, 0.4) is 0 Å². The molecule has 0 radical (unpaired) electrons. The Balaban J connectivity index is 1.26. The lowest BCUT2D eigenvalue weighted by Gasteiger charge is -2.05. The number of carbonyl (C=O) groups is 1. The van der Waals surface area contributed by atoms with Gasteiger partial charge in [-0.3, -0.25) is 4.79 Å². The van der Waals surface area contributed by atoms with E-state index in [-0.39, 0.29) is 5.91 Å². The second-order valence-corrected chi connectivity index (χ2v) is 8.44. The molecular formula is C25H18ClN3OS.